The minimum Gasteiger partial charge on any atom is -0.384 e. The molecule has 1 fully saturated rings. The summed E-state index contributed by atoms with van der Waals surface area (Å²) in [4.78, 5) is 12.3. The van der Waals surface area contributed by atoms with Crippen LogP contribution in [0.25, 0.3) is 0 Å². The lowest BCUT2D eigenvalue weighted by Gasteiger charge is -2.35. The number of carbonyl (C=O) groups excluding carboxylic acids is 1. The lowest BCUT2D eigenvalue weighted by molar-refractivity contribution is -0.136. The lowest BCUT2D eigenvalue weighted by Crippen LogP contribution is -2.51. The van der Waals surface area contributed by atoms with Crippen molar-refractivity contribution in [2.24, 2.45) is 5.41 Å². The molecule has 5 nitrogen and oxygen atoms in total. The summed E-state index contributed by atoms with van der Waals surface area (Å²) in [6.45, 7) is 7.39. The minimum atomic E-state index is -0.369. The van der Waals surface area contributed by atoms with Gasteiger partial charge in [-0.05, 0) is 39.8 Å². The predicted molar refractivity (Wildman–Crippen MR) is 70.5 cm³/mol. The number of rotatable bonds is 7. The Morgan fingerprint density at radius 2 is 2.11 bits per heavy atom. The van der Waals surface area contributed by atoms with Crippen molar-refractivity contribution in [1.29, 1.82) is 0 Å². The van der Waals surface area contributed by atoms with E-state index in [1.165, 1.54) is 0 Å². The highest BCUT2D eigenvalue weighted by molar-refractivity contribution is 5.83. The molecule has 18 heavy (non-hydrogen) atoms. The first-order chi connectivity index (χ1) is 8.64. The topological polar surface area (TPSA) is 59.6 Å². The molecule has 1 aliphatic rings. The Hall–Kier alpha value is -0.650. The van der Waals surface area contributed by atoms with Gasteiger partial charge in [-0.15, -0.1) is 0 Å². The monoisotopic (exact) mass is 258 g/mol. The van der Waals surface area contributed by atoms with Crippen LogP contribution in [0.2, 0.25) is 0 Å². The molecular formula is C13H26N2O3. The molecule has 0 aromatic heterocycles. The second-order valence-electron chi connectivity index (χ2n) is 4.94. The number of carbonyl (C=O) groups is 1. The second kappa shape index (κ2) is 7.71. The SMILES string of the molecule is CCOC(C)CNC(=O)C1(COC)CCNCC1. The maximum Gasteiger partial charge on any atom is 0.228 e. The first-order valence-corrected chi connectivity index (χ1v) is 6.74. The van der Waals surface area contributed by atoms with Crippen molar-refractivity contribution in [2.75, 3.05) is 40.0 Å². The van der Waals surface area contributed by atoms with E-state index < -0.39 is 0 Å². The molecule has 1 saturated heterocycles. The van der Waals surface area contributed by atoms with Crippen LogP contribution in [0.4, 0.5) is 0 Å². The van der Waals surface area contributed by atoms with Crippen LogP contribution >= 0.6 is 0 Å². The third-order valence-corrected chi connectivity index (χ3v) is 3.46. The molecule has 0 saturated carbocycles. The highest BCUT2D eigenvalue weighted by atomic mass is 16.5. The largest absolute Gasteiger partial charge is 0.384 e. The number of hydrogen-bond acceptors (Lipinski definition) is 4. The second-order valence-corrected chi connectivity index (χ2v) is 4.94. The van der Waals surface area contributed by atoms with E-state index in [1.54, 1.807) is 7.11 Å². The number of piperidine rings is 1. The summed E-state index contributed by atoms with van der Waals surface area (Å²) in [6, 6.07) is 0. The van der Waals surface area contributed by atoms with Crippen LogP contribution in [0.3, 0.4) is 0 Å². The molecule has 1 heterocycles. The van der Waals surface area contributed by atoms with E-state index in [4.69, 9.17) is 9.47 Å². The van der Waals surface area contributed by atoms with Gasteiger partial charge < -0.3 is 20.1 Å². The number of ether oxygens (including phenoxy) is 2. The van der Waals surface area contributed by atoms with Gasteiger partial charge in [0.25, 0.3) is 0 Å². The van der Waals surface area contributed by atoms with Crippen molar-refractivity contribution >= 4 is 5.91 Å². The standard InChI is InChI=1S/C13H26N2O3/c1-4-18-11(2)9-15-12(16)13(10-17-3)5-7-14-8-6-13/h11,14H,4-10H2,1-3H3,(H,15,16). The smallest absolute Gasteiger partial charge is 0.228 e. The quantitative estimate of drug-likeness (QED) is 0.700. The Labute approximate surface area is 110 Å². The molecular weight excluding hydrogens is 232 g/mol. The van der Waals surface area contributed by atoms with Crippen LogP contribution in [-0.4, -0.2) is 52.0 Å². The lowest BCUT2D eigenvalue weighted by atomic mass is 9.78. The van der Waals surface area contributed by atoms with E-state index in [2.05, 4.69) is 10.6 Å². The molecule has 0 aromatic carbocycles. The molecule has 106 valence electrons. The zero-order chi connectivity index (χ0) is 13.4. The molecule has 0 aromatic rings. The van der Waals surface area contributed by atoms with Crippen molar-refractivity contribution in [2.45, 2.75) is 32.8 Å². The molecule has 1 atom stereocenters. The third kappa shape index (κ3) is 4.23. The van der Waals surface area contributed by atoms with Gasteiger partial charge in [-0.1, -0.05) is 0 Å². The summed E-state index contributed by atoms with van der Waals surface area (Å²) >= 11 is 0. The molecule has 1 amide bonds. The van der Waals surface area contributed by atoms with Crippen LogP contribution in [-0.2, 0) is 14.3 Å². The fourth-order valence-electron chi connectivity index (χ4n) is 2.39. The van der Waals surface area contributed by atoms with Crippen molar-refractivity contribution < 1.29 is 14.3 Å². The van der Waals surface area contributed by atoms with Crippen molar-refractivity contribution in [3.05, 3.63) is 0 Å². The van der Waals surface area contributed by atoms with E-state index >= 15 is 0 Å². The van der Waals surface area contributed by atoms with Crippen molar-refractivity contribution in [3.8, 4) is 0 Å². The van der Waals surface area contributed by atoms with E-state index in [1.807, 2.05) is 13.8 Å². The summed E-state index contributed by atoms with van der Waals surface area (Å²) in [5.74, 6) is 0.0948. The summed E-state index contributed by atoms with van der Waals surface area (Å²) in [6.07, 6.45) is 1.71. The van der Waals surface area contributed by atoms with Crippen LogP contribution in [0.1, 0.15) is 26.7 Å². The van der Waals surface area contributed by atoms with Gasteiger partial charge in [0.15, 0.2) is 0 Å². The summed E-state index contributed by atoms with van der Waals surface area (Å²) < 4.78 is 10.7. The summed E-state index contributed by atoms with van der Waals surface area (Å²) in [5, 5.41) is 6.27. The Bertz CT molecular complexity index is 247. The molecule has 1 unspecified atom stereocenters. The van der Waals surface area contributed by atoms with Gasteiger partial charge in [0.1, 0.15) is 0 Å². The average molecular weight is 258 g/mol. The molecule has 0 spiro atoms. The normalized spacial score (nSPS) is 20.4. The highest BCUT2D eigenvalue weighted by Crippen LogP contribution is 2.29. The van der Waals surface area contributed by atoms with Crippen LogP contribution in [0.15, 0.2) is 0 Å². The Morgan fingerprint density at radius 3 is 2.67 bits per heavy atom. The zero-order valence-corrected chi connectivity index (χ0v) is 11.8. The number of nitrogens with one attached hydrogen (secondary N) is 2. The van der Waals surface area contributed by atoms with Crippen LogP contribution < -0.4 is 10.6 Å². The van der Waals surface area contributed by atoms with Crippen molar-refractivity contribution in [1.82, 2.24) is 10.6 Å². The third-order valence-electron chi connectivity index (χ3n) is 3.46. The summed E-state index contributed by atoms with van der Waals surface area (Å²) in [7, 11) is 1.65. The molecule has 0 aliphatic carbocycles. The van der Waals surface area contributed by atoms with Gasteiger partial charge in [-0.3, -0.25) is 4.79 Å². The summed E-state index contributed by atoms with van der Waals surface area (Å²) in [5.41, 5.74) is -0.369. The Balaban J connectivity index is 2.49. The van der Waals surface area contributed by atoms with E-state index in [0.717, 1.165) is 25.9 Å². The molecule has 0 radical (unpaired) electrons. The van der Waals surface area contributed by atoms with Gasteiger partial charge in [0, 0.05) is 20.3 Å². The molecule has 0 bridgehead atoms. The van der Waals surface area contributed by atoms with Crippen LogP contribution in [0, 0.1) is 5.41 Å². The van der Waals surface area contributed by atoms with Gasteiger partial charge in [0.05, 0.1) is 18.1 Å². The average Bonchev–Trinajstić information content (AvgIpc) is 2.38. The highest BCUT2D eigenvalue weighted by Gasteiger charge is 2.39. The number of amides is 1. The first kappa shape index (κ1) is 15.4. The minimum absolute atomic E-state index is 0.0558. The van der Waals surface area contributed by atoms with Crippen molar-refractivity contribution in [3.63, 3.8) is 0 Å². The fourth-order valence-corrected chi connectivity index (χ4v) is 2.39. The van der Waals surface area contributed by atoms with Gasteiger partial charge in [-0.25, -0.2) is 0 Å². The molecule has 2 N–H and O–H groups in total. The van der Waals surface area contributed by atoms with Gasteiger partial charge >= 0.3 is 0 Å². The fraction of sp³-hybridized carbons (Fsp3) is 0.923. The van der Waals surface area contributed by atoms with E-state index in [-0.39, 0.29) is 17.4 Å². The van der Waals surface area contributed by atoms with E-state index in [9.17, 15) is 4.79 Å². The Morgan fingerprint density at radius 1 is 1.44 bits per heavy atom. The number of methoxy groups -OCH3 is 1. The van der Waals surface area contributed by atoms with Crippen LogP contribution in [0.5, 0.6) is 0 Å². The molecule has 5 heteroatoms. The first-order valence-electron chi connectivity index (χ1n) is 6.74. The number of hydrogen-bond donors (Lipinski definition) is 2. The molecule has 1 aliphatic heterocycles. The zero-order valence-electron chi connectivity index (χ0n) is 11.8. The predicted octanol–water partition coefficient (Wildman–Crippen LogP) is 0.544. The van der Waals surface area contributed by atoms with E-state index in [0.29, 0.717) is 19.8 Å². The van der Waals surface area contributed by atoms with Gasteiger partial charge in [-0.2, -0.15) is 0 Å². The molecule has 1 rings (SSSR count). The van der Waals surface area contributed by atoms with Gasteiger partial charge in [0.2, 0.25) is 5.91 Å². The maximum atomic E-state index is 12.3. The Kier molecular flexibility index (Phi) is 6.60. The maximum absolute atomic E-state index is 12.3.